The summed E-state index contributed by atoms with van der Waals surface area (Å²) in [4.78, 5) is 16.3. The minimum absolute atomic E-state index is 0.0876. The predicted molar refractivity (Wildman–Crippen MR) is 81.7 cm³/mol. The van der Waals surface area contributed by atoms with Gasteiger partial charge < -0.3 is 10.6 Å². The largest absolute Gasteiger partial charge is 0.350 e. The van der Waals surface area contributed by atoms with Crippen LogP contribution in [0.15, 0.2) is 22.8 Å². The molecule has 2 aromatic rings. The molecule has 6 nitrogen and oxygen atoms in total. The standard InChI is InChI=1S/C13H18BrN5O/c1-8(11(20)17-13(2,3)4)15-12-16-10-9(14)6-5-7-19(10)18-12/h5-8H,1-4H3,(H,15,18)(H,17,20). The van der Waals surface area contributed by atoms with Crippen molar-refractivity contribution in [2.45, 2.75) is 39.3 Å². The number of hydrogen-bond acceptors (Lipinski definition) is 4. The monoisotopic (exact) mass is 339 g/mol. The van der Waals surface area contributed by atoms with Gasteiger partial charge in [0.05, 0.1) is 4.47 Å². The number of halogens is 1. The van der Waals surface area contributed by atoms with Crippen molar-refractivity contribution in [3.63, 3.8) is 0 Å². The molecule has 0 aliphatic carbocycles. The van der Waals surface area contributed by atoms with Crippen LogP contribution in [-0.4, -0.2) is 32.1 Å². The van der Waals surface area contributed by atoms with Gasteiger partial charge in [-0.15, -0.1) is 5.10 Å². The van der Waals surface area contributed by atoms with E-state index >= 15 is 0 Å². The molecule has 0 bridgehead atoms. The van der Waals surface area contributed by atoms with E-state index in [9.17, 15) is 4.79 Å². The molecule has 1 amide bonds. The van der Waals surface area contributed by atoms with Gasteiger partial charge in [0, 0.05) is 11.7 Å². The van der Waals surface area contributed by atoms with Gasteiger partial charge in [-0.2, -0.15) is 4.98 Å². The fraction of sp³-hybridized carbons (Fsp3) is 0.462. The fourth-order valence-corrected chi connectivity index (χ4v) is 2.09. The van der Waals surface area contributed by atoms with E-state index in [1.807, 2.05) is 32.9 Å². The summed E-state index contributed by atoms with van der Waals surface area (Å²) in [6, 6.07) is 3.35. The number of anilines is 1. The zero-order chi connectivity index (χ0) is 14.9. The molecule has 2 N–H and O–H groups in total. The quantitative estimate of drug-likeness (QED) is 0.899. The molecule has 2 rings (SSSR count). The Balaban J connectivity index is 2.12. The lowest BCUT2D eigenvalue weighted by molar-refractivity contribution is -0.122. The van der Waals surface area contributed by atoms with E-state index in [2.05, 4.69) is 36.6 Å². The molecule has 0 spiro atoms. The van der Waals surface area contributed by atoms with Gasteiger partial charge in [0.15, 0.2) is 5.65 Å². The Bertz CT molecular complexity index is 631. The molecule has 0 aliphatic heterocycles. The van der Waals surface area contributed by atoms with Crippen LogP contribution < -0.4 is 10.6 Å². The van der Waals surface area contributed by atoms with Crippen LogP contribution in [0, 0.1) is 0 Å². The number of rotatable bonds is 3. The molecule has 7 heteroatoms. The van der Waals surface area contributed by atoms with Crippen molar-refractivity contribution in [2.24, 2.45) is 0 Å². The minimum atomic E-state index is -0.412. The second-order valence-corrected chi connectivity index (χ2v) is 6.52. The van der Waals surface area contributed by atoms with Gasteiger partial charge in [-0.1, -0.05) is 0 Å². The number of carbonyl (C=O) groups excluding carboxylic acids is 1. The van der Waals surface area contributed by atoms with E-state index in [0.29, 0.717) is 11.6 Å². The number of pyridine rings is 1. The smallest absolute Gasteiger partial charge is 0.243 e. The lowest BCUT2D eigenvalue weighted by Crippen LogP contribution is -2.47. The predicted octanol–water partition coefficient (Wildman–Crippen LogP) is 2.21. The molecular weight excluding hydrogens is 322 g/mol. The Kier molecular flexibility index (Phi) is 3.99. The van der Waals surface area contributed by atoms with Crippen LogP contribution in [0.25, 0.3) is 5.65 Å². The molecule has 20 heavy (non-hydrogen) atoms. The third kappa shape index (κ3) is 3.47. The molecule has 2 heterocycles. The van der Waals surface area contributed by atoms with Gasteiger partial charge in [-0.05, 0) is 55.8 Å². The van der Waals surface area contributed by atoms with Crippen molar-refractivity contribution in [3.05, 3.63) is 22.8 Å². The Hall–Kier alpha value is -1.63. The average Bonchev–Trinajstić information content (AvgIpc) is 2.70. The molecule has 0 saturated carbocycles. The van der Waals surface area contributed by atoms with Crippen LogP contribution in [0.5, 0.6) is 0 Å². The van der Waals surface area contributed by atoms with Crippen molar-refractivity contribution in [1.29, 1.82) is 0 Å². The van der Waals surface area contributed by atoms with Crippen LogP contribution in [0.1, 0.15) is 27.7 Å². The number of nitrogens with one attached hydrogen (secondary N) is 2. The average molecular weight is 340 g/mol. The molecule has 0 radical (unpaired) electrons. The van der Waals surface area contributed by atoms with Gasteiger partial charge in [-0.3, -0.25) is 4.79 Å². The number of hydrogen-bond donors (Lipinski definition) is 2. The third-order valence-corrected chi connectivity index (χ3v) is 3.17. The first-order valence-electron chi connectivity index (χ1n) is 6.36. The van der Waals surface area contributed by atoms with Crippen LogP contribution >= 0.6 is 15.9 Å². The van der Waals surface area contributed by atoms with Crippen LogP contribution in [-0.2, 0) is 4.79 Å². The number of carbonyl (C=O) groups is 1. The van der Waals surface area contributed by atoms with Crippen LogP contribution in [0.3, 0.4) is 0 Å². The maximum Gasteiger partial charge on any atom is 0.243 e. The first-order valence-corrected chi connectivity index (χ1v) is 7.15. The molecule has 108 valence electrons. The number of nitrogens with zero attached hydrogens (tertiary/aromatic N) is 3. The van der Waals surface area contributed by atoms with E-state index in [4.69, 9.17) is 0 Å². The summed E-state index contributed by atoms with van der Waals surface area (Å²) in [5, 5.41) is 10.2. The molecule has 1 unspecified atom stereocenters. The van der Waals surface area contributed by atoms with Gasteiger partial charge in [0.2, 0.25) is 11.9 Å². The zero-order valence-electron chi connectivity index (χ0n) is 11.9. The molecule has 0 fully saturated rings. The summed E-state index contributed by atoms with van der Waals surface area (Å²) in [5.74, 6) is 0.337. The molecule has 0 aromatic carbocycles. The molecule has 1 atom stereocenters. The summed E-state index contributed by atoms with van der Waals surface area (Å²) >= 11 is 3.41. The summed E-state index contributed by atoms with van der Waals surface area (Å²) in [5.41, 5.74) is 0.445. The molecule has 0 saturated heterocycles. The van der Waals surface area contributed by atoms with Gasteiger partial charge in [0.1, 0.15) is 6.04 Å². The van der Waals surface area contributed by atoms with Crippen molar-refractivity contribution < 1.29 is 4.79 Å². The lowest BCUT2D eigenvalue weighted by atomic mass is 10.1. The molecule has 2 aromatic heterocycles. The first-order chi connectivity index (χ1) is 9.26. The summed E-state index contributed by atoms with van der Waals surface area (Å²) in [7, 11) is 0. The number of fused-ring (bicyclic) bond motifs is 1. The Morgan fingerprint density at radius 1 is 1.45 bits per heavy atom. The summed E-state index contributed by atoms with van der Waals surface area (Å²) in [6.07, 6.45) is 1.80. The molecule has 0 aliphatic rings. The second-order valence-electron chi connectivity index (χ2n) is 5.66. The zero-order valence-corrected chi connectivity index (χ0v) is 13.5. The van der Waals surface area contributed by atoms with Crippen molar-refractivity contribution >= 4 is 33.4 Å². The SMILES string of the molecule is CC(Nc1nc2c(Br)cccn2n1)C(=O)NC(C)(C)C. The third-order valence-electron chi connectivity index (χ3n) is 2.55. The first kappa shape index (κ1) is 14.8. The Labute approximate surface area is 126 Å². The van der Waals surface area contributed by atoms with Crippen LogP contribution in [0.4, 0.5) is 5.95 Å². The number of aromatic nitrogens is 3. The van der Waals surface area contributed by atoms with E-state index in [1.165, 1.54) is 0 Å². The van der Waals surface area contributed by atoms with E-state index in [-0.39, 0.29) is 11.4 Å². The molecular formula is C13H18BrN5O. The van der Waals surface area contributed by atoms with E-state index in [1.54, 1.807) is 17.6 Å². The van der Waals surface area contributed by atoms with Crippen molar-refractivity contribution in [2.75, 3.05) is 5.32 Å². The summed E-state index contributed by atoms with van der Waals surface area (Å²) < 4.78 is 2.51. The van der Waals surface area contributed by atoms with Crippen molar-refractivity contribution in [3.8, 4) is 0 Å². The topological polar surface area (TPSA) is 71.3 Å². The van der Waals surface area contributed by atoms with Gasteiger partial charge >= 0.3 is 0 Å². The highest BCUT2D eigenvalue weighted by Crippen LogP contribution is 2.17. The fourth-order valence-electron chi connectivity index (χ4n) is 1.67. The normalized spacial score (nSPS) is 13.2. The Morgan fingerprint density at radius 2 is 2.15 bits per heavy atom. The van der Waals surface area contributed by atoms with Crippen molar-refractivity contribution in [1.82, 2.24) is 19.9 Å². The summed E-state index contributed by atoms with van der Waals surface area (Å²) in [6.45, 7) is 7.61. The van der Waals surface area contributed by atoms with Gasteiger partial charge in [-0.25, -0.2) is 4.52 Å². The highest BCUT2D eigenvalue weighted by Gasteiger charge is 2.20. The highest BCUT2D eigenvalue weighted by molar-refractivity contribution is 9.10. The van der Waals surface area contributed by atoms with E-state index in [0.717, 1.165) is 4.47 Å². The lowest BCUT2D eigenvalue weighted by Gasteiger charge is -2.23. The maximum atomic E-state index is 12.0. The van der Waals surface area contributed by atoms with Crippen LogP contribution in [0.2, 0.25) is 0 Å². The second kappa shape index (κ2) is 5.40. The highest BCUT2D eigenvalue weighted by atomic mass is 79.9. The number of amides is 1. The van der Waals surface area contributed by atoms with E-state index < -0.39 is 6.04 Å². The minimum Gasteiger partial charge on any atom is -0.350 e. The van der Waals surface area contributed by atoms with Gasteiger partial charge in [0.25, 0.3) is 0 Å². The maximum absolute atomic E-state index is 12.0. The Morgan fingerprint density at radius 3 is 2.75 bits per heavy atom.